The Kier molecular flexibility index (Phi) is 14.4. The van der Waals surface area contributed by atoms with Crippen LogP contribution in [0, 0.1) is 0 Å². The molecule has 6 nitrogen and oxygen atoms in total. The second kappa shape index (κ2) is 16.6. The van der Waals surface area contributed by atoms with E-state index in [0.717, 1.165) is 17.5 Å². The van der Waals surface area contributed by atoms with E-state index < -0.39 is 0 Å². The van der Waals surface area contributed by atoms with E-state index in [-0.39, 0.29) is 12.0 Å². The van der Waals surface area contributed by atoms with Crippen molar-refractivity contribution in [2.45, 2.75) is 110 Å². The summed E-state index contributed by atoms with van der Waals surface area (Å²) in [6.07, 6.45) is 22.9. The number of nitrogen functional groups attached to an aromatic ring is 1. The number of hydrogen-bond acceptors (Lipinski definition) is 4. The van der Waals surface area contributed by atoms with Crippen LogP contribution in [0.2, 0.25) is 0 Å². The van der Waals surface area contributed by atoms with E-state index in [1.165, 1.54) is 96.2 Å². The molecule has 6 heteroatoms. The van der Waals surface area contributed by atoms with Gasteiger partial charge in [-0.05, 0) is 6.42 Å². The number of rotatable bonds is 17. The molecule has 156 valence electrons. The molecule has 0 saturated heterocycles. The molecular weight excluding hydrogens is 338 g/mol. The Morgan fingerprint density at radius 2 is 1.30 bits per heavy atom. The van der Waals surface area contributed by atoms with Crippen LogP contribution >= 0.6 is 0 Å². The van der Waals surface area contributed by atoms with Gasteiger partial charge in [0.25, 0.3) is 0 Å². The van der Waals surface area contributed by atoms with Crippen molar-refractivity contribution >= 4 is 12.0 Å². The first-order valence-corrected chi connectivity index (χ1v) is 11.2. The molecule has 3 N–H and O–H groups in total. The second-order valence-electron chi connectivity index (χ2n) is 7.58. The summed E-state index contributed by atoms with van der Waals surface area (Å²) in [6, 6.07) is -0.264. The first-order chi connectivity index (χ1) is 13.2. The first kappa shape index (κ1) is 23.4. The fraction of sp³-hybridized carbons (Fsp3) is 0.857. The number of nitrogens with zero attached hydrogens (tertiary/aromatic N) is 3. The van der Waals surface area contributed by atoms with Gasteiger partial charge in [0, 0.05) is 6.54 Å². The Hall–Kier alpha value is -1.59. The van der Waals surface area contributed by atoms with Crippen LogP contribution in [0.15, 0.2) is 6.33 Å². The third-order valence-electron chi connectivity index (χ3n) is 5.02. The summed E-state index contributed by atoms with van der Waals surface area (Å²) in [4.78, 5) is 15.4. The molecule has 0 radical (unpaired) electrons. The molecule has 1 aromatic heterocycles. The van der Waals surface area contributed by atoms with Gasteiger partial charge in [-0.2, -0.15) is 4.68 Å². The summed E-state index contributed by atoms with van der Waals surface area (Å²) in [7, 11) is 0. The number of unbranched alkanes of at least 4 members (excludes halogenated alkanes) is 15. The zero-order chi connectivity index (χ0) is 19.6. The summed E-state index contributed by atoms with van der Waals surface area (Å²) >= 11 is 0. The minimum atomic E-state index is -0.264. The molecule has 27 heavy (non-hydrogen) atoms. The molecule has 0 aliphatic heterocycles. The first-order valence-electron chi connectivity index (χ1n) is 11.2. The lowest BCUT2D eigenvalue weighted by molar-refractivity contribution is 0.239. The van der Waals surface area contributed by atoms with Crippen molar-refractivity contribution in [3.05, 3.63) is 6.33 Å². The van der Waals surface area contributed by atoms with Crippen LogP contribution in [0.1, 0.15) is 110 Å². The van der Waals surface area contributed by atoms with Crippen LogP contribution in [0.25, 0.3) is 0 Å². The molecular formula is C21H41N5O. The largest absolute Gasteiger partial charge is 0.366 e. The highest BCUT2D eigenvalue weighted by Gasteiger charge is 2.05. The third kappa shape index (κ3) is 13.3. The molecule has 0 atom stereocenters. The van der Waals surface area contributed by atoms with E-state index in [2.05, 4.69) is 22.3 Å². The number of carbonyl (C=O) groups is 1. The minimum absolute atomic E-state index is 0.118. The maximum absolute atomic E-state index is 11.7. The van der Waals surface area contributed by atoms with E-state index >= 15 is 0 Å². The van der Waals surface area contributed by atoms with Gasteiger partial charge in [0.05, 0.1) is 0 Å². The minimum Gasteiger partial charge on any atom is -0.366 e. The molecule has 1 amide bonds. The smallest absolute Gasteiger partial charge is 0.343 e. The van der Waals surface area contributed by atoms with E-state index in [0.29, 0.717) is 6.54 Å². The Labute approximate surface area is 165 Å². The van der Waals surface area contributed by atoms with E-state index in [9.17, 15) is 4.79 Å². The quantitative estimate of drug-likeness (QED) is 0.341. The van der Waals surface area contributed by atoms with Crippen LogP contribution in [-0.2, 0) is 0 Å². The van der Waals surface area contributed by atoms with Gasteiger partial charge >= 0.3 is 6.03 Å². The standard InChI is InChI=1S/C21H41N5O/c1-2-3-4-5-6-7-8-9-10-11-12-13-14-15-16-17-18-23-21(27)26-19-24-20(22)25-26/h19H,2-18H2,1H3,(H2,22,25)(H,23,27). The summed E-state index contributed by atoms with van der Waals surface area (Å²) in [6.45, 7) is 2.95. The number of amides is 1. The van der Waals surface area contributed by atoms with Gasteiger partial charge in [-0.25, -0.2) is 9.78 Å². The van der Waals surface area contributed by atoms with Gasteiger partial charge < -0.3 is 11.1 Å². The molecule has 0 fully saturated rings. The van der Waals surface area contributed by atoms with Crippen LogP contribution in [0.3, 0.4) is 0 Å². The second-order valence-corrected chi connectivity index (χ2v) is 7.58. The number of aromatic nitrogens is 3. The van der Waals surface area contributed by atoms with Gasteiger partial charge in [-0.1, -0.05) is 103 Å². The Morgan fingerprint density at radius 1 is 0.852 bits per heavy atom. The van der Waals surface area contributed by atoms with Crippen LogP contribution in [0.4, 0.5) is 10.7 Å². The molecule has 0 saturated carbocycles. The Morgan fingerprint density at radius 3 is 1.70 bits per heavy atom. The summed E-state index contributed by atoms with van der Waals surface area (Å²) in [5.74, 6) is 0.118. The summed E-state index contributed by atoms with van der Waals surface area (Å²) in [5, 5.41) is 6.60. The fourth-order valence-corrected chi connectivity index (χ4v) is 3.32. The highest BCUT2D eigenvalue weighted by molar-refractivity contribution is 5.75. The predicted octanol–water partition coefficient (Wildman–Crippen LogP) is 5.68. The fourth-order valence-electron chi connectivity index (χ4n) is 3.32. The molecule has 0 aliphatic carbocycles. The lowest BCUT2D eigenvalue weighted by Gasteiger charge is -2.05. The van der Waals surface area contributed by atoms with Crippen molar-refractivity contribution in [2.75, 3.05) is 12.3 Å². The van der Waals surface area contributed by atoms with Gasteiger partial charge in [0.15, 0.2) is 0 Å². The Balaban J connectivity index is 1.75. The monoisotopic (exact) mass is 379 g/mol. The van der Waals surface area contributed by atoms with Crippen LogP contribution in [-0.4, -0.2) is 27.3 Å². The van der Waals surface area contributed by atoms with E-state index in [1.54, 1.807) is 0 Å². The zero-order valence-corrected chi connectivity index (χ0v) is 17.4. The molecule has 1 aromatic rings. The highest BCUT2D eigenvalue weighted by Crippen LogP contribution is 2.13. The number of carbonyl (C=O) groups excluding carboxylic acids is 1. The molecule has 0 unspecified atom stereocenters. The average Bonchev–Trinajstić information content (AvgIpc) is 3.10. The highest BCUT2D eigenvalue weighted by atomic mass is 16.2. The van der Waals surface area contributed by atoms with Gasteiger partial charge in [0.2, 0.25) is 5.95 Å². The lowest BCUT2D eigenvalue weighted by atomic mass is 10.0. The maximum atomic E-state index is 11.7. The molecule has 1 heterocycles. The maximum Gasteiger partial charge on any atom is 0.343 e. The van der Waals surface area contributed by atoms with Crippen molar-refractivity contribution in [3.63, 3.8) is 0 Å². The topological polar surface area (TPSA) is 85.8 Å². The number of nitrogens with two attached hydrogens (primary N) is 1. The Bertz CT molecular complexity index is 475. The average molecular weight is 380 g/mol. The van der Waals surface area contributed by atoms with E-state index in [4.69, 9.17) is 5.73 Å². The molecule has 0 spiro atoms. The summed E-state index contributed by atoms with van der Waals surface area (Å²) < 4.78 is 1.14. The SMILES string of the molecule is CCCCCCCCCCCCCCCCCCNC(=O)n1cnc(N)n1. The van der Waals surface area contributed by atoms with Crippen LogP contribution in [0.5, 0.6) is 0 Å². The molecule has 0 aliphatic rings. The van der Waals surface area contributed by atoms with Crippen molar-refractivity contribution < 1.29 is 4.79 Å². The zero-order valence-electron chi connectivity index (χ0n) is 17.4. The predicted molar refractivity (Wildman–Crippen MR) is 113 cm³/mol. The van der Waals surface area contributed by atoms with Crippen molar-refractivity contribution in [2.24, 2.45) is 0 Å². The van der Waals surface area contributed by atoms with Gasteiger partial charge in [-0.3, -0.25) is 0 Å². The molecule has 1 rings (SSSR count). The molecule has 0 bridgehead atoms. The van der Waals surface area contributed by atoms with Crippen molar-refractivity contribution in [1.29, 1.82) is 0 Å². The normalized spacial score (nSPS) is 11.0. The van der Waals surface area contributed by atoms with E-state index in [1.807, 2.05) is 0 Å². The van der Waals surface area contributed by atoms with Gasteiger partial charge in [-0.15, -0.1) is 5.10 Å². The summed E-state index contributed by atoms with van der Waals surface area (Å²) in [5.41, 5.74) is 5.39. The van der Waals surface area contributed by atoms with Gasteiger partial charge in [0.1, 0.15) is 6.33 Å². The number of hydrogen-bond donors (Lipinski definition) is 2. The number of nitrogens with one attached hydrogen (secondary N) is 1. The number of anilines is 1. The van der Waals surface area contributed by atoms with Crippen molar-refractivity contribution in [1.82, 2.24) is 20.1 Å². The third-order valence-corrected chi connectivity index (χ3v) is 5.02. The van der Waals surface area contributed by atoms with Crippen molar-refractivity contribution in [3.8, 4) is 0 Å². The van der Waals surface area contributed by atoms with Crippen LogP contribution < -0.4 is 11.1 Å². The molecule has 0 aromatic carbocycles. The lowest BCUT2D eigenvalue weighted by Crippen LogP contribution is -2.29.